The van der Waals surface area contributed by atoms with Crippen LogP contribution in [0.5, 0.6) is 0 Å². The molecule has 0 fully saturated rings. The molecule has 3 nitrogen and oxygen atoms in total. The van der Waals surface area contributed by atoms with E-state index in [1.54, 1.807) is 36.4 Å². The Labute approximate surface area is 148 Å². The summed E-state index contributed by atoms with van der Waals surface area (Å²) in [6.45, 7) is 0.663. The number of imidazole rings is 1. The summed E-state index contributed by atoms with van der Waals surface area (Å²) in [6, 6.07) is 10.3. The lowest BCUT2D eigenvalue weighted by molar-refractivity contribution is 0.170. The normalized spacial score (nSPS) is 19.5. The van der Waals surface area contributed by atoms with Crippen molar-refractivity contribution < 1.29 is 9.50 Å². The standard InChI is InChI=1S/C18H14ClFN2OS/c19-13-2-1-3-14(20)17(13)11-4-5-15-12(8-11)18(23)16(24-15)9-22-7-6-21-10-22/h1-8,10,16,18,23H,9H2. The van der Waals surface area contributed by atoms with Gasteiger partial charge in [0, 0.05) is 29.4 Å². The molecule has 122 valence electrons. The number of fused-ring (bicyclic) bond motifs is 1. The van der Waals surface area contributed by atoms with Crippen LogP contribution in [0, 0.1) is 5.82 Å². The Morgan fingerprint density at radius 1 is 1.29 bits per heavy atom. The van der Waals surface area contributed by atoms with E-state index in [0.717, 1.165) is 10.5 Å². The number of thioether (sulfide) groups is 1. The molecule has 6 heteroatoms. The number of aliphatic hydroxyl groups excluding tert-OH is 1. The van der Waals surface area contributed by atoms with Crippen molar-refractivity contribution in [1.82, 2.24) is 9.55 Å². The summed E-state index contributed by atoms with van der Waals surface area (Å²) in [5, 5.41) is 11.0. The van der Waals surface area contributed by atoms with Crippen molar-refractivity contribution in [3.05, 3.63) is 71.5 Å². The lowest BCUT2D eigenvalue weighted by Gasteiger charge is -2.14. The monoisotopic (exact) mass is 360 g/mol. The van der Waals surface area contributed by atoms with Crippen molar-refractivity contribution in [2.75, 3.05) is 0 Å². The second kappa shape index (κ2) is 6.24. The van der Waals surface area contributed by atoms with Crippen molar-refractivity contribution in [2.45, 2.75) is 22.8 Å². The van der Waals surface area contributed by atoms with Gasteiger partial charge in [0.05, 0.1) is 22.7 Å². The molecule has 2 heterocycles. The van der Waals surface area contributed by atoms with Crippen molar-refractivity contribution in [3.8, 4) is 11.1 Å². The van der Waals surface area contributed by atoms with E-state index in [4.69, 9.17) is 11.6 Å². The average molecular weight is 361 g/mol. The van der Waals surface area contributed by atoms with Gasteiger partial charge in [-0.2, -0.15) is 0 Å². The lowest BCUT2D eigenvalue weighted by Crippen LogP contribution is -2.16. The lowest BCUT2D eigenvalue weighted by atomic mass is 9.99. The molecule has 2 unspecified atom stereocenters. The topological polar surface area (TPSA) is 38.0 Å². The molecule has 24 heavy (non-hydrogen) atoms. The fourth-order valence-corrected chi connectivity index (χ4v) is 4.57. The minimum atomic E-state index is -0.613. The quantitative estimate of drug-likeness (QED) is 0.744. The van der Waals surface area contributed by atoms with Crippen molar-refractivity contribution >= 4 is 23.4 Å². The first-order valence-electron chi connectivity index (χ1n) is 7.52. The maximum atomic E-state index is 14.2. The Morgan fingerprint density at radius 3 is 2.92 bits per heavy atom. The van der Waals surface area contributed by atoms with E-state index in [-0.39, 0.29) is 11.1 Å². The van der Waals surface area contributed by atoms with Crippen molar-refractivity contribution in [2.24, 2.45) is 0 Å². The van der Waals surface area contributed by atoms with E-state index in [2.05, 4.69) is 4.98 Å². The van der Waals surface area contributed by atoms with Crippen LogP contribution in [0.1, 0.15) is 11.7 Å². The summed E-state index contributed by atoms with van der Waals surface area (Å²) in [7, 11) is 0. The maximum absolute atomic E-state index is 14.2. The zero-order valence-electron chi connectivity index (χ0n) is 12.6. The highest BCUT2D eigenvalue weighted by atomic mass is 35.5. The molecule has 0 aliphatic carbocycles. The first kappa shape index (κ1) is 15.7. The SMILES string of the molecule is OC1c2cc(-c3c(F)cccc3Cl)ccc2SC1Cn1ccnc1. The third-order valence-corrected chi connectivity index (χ3v) is 5.81. The molecule has 2 aromatic carbocycles. The van der Waals surface area contributed by atoms with Crippen LogP contribution in [0.25, 0.3) is 11.1 Å². The number of aromatic nitrogens is 2. The fourth-order valence-electron chi connectivity index (χ4n) is 2.98. The van der Waals surface area contributed by atoms with Gasteiger partial charge in [0.2, 0.25) is 0 Å². The van der Waals surface area contributed by atoms with Gasteiger partial charge in [-0.05, 0) is 35.4 Å². The minimum Gasteiger partial charge on any atom is -0.387 e. The van der Waals surface area contributed by atoms with Gasteiger partial charge in [0.1, 0.15) is 5.82 Å². The smallest absolute Gasteiger partial charge is 0.132 e. The summed E-state index contributed by atoms with van der Waals surface area (Å²) in [5.41, 5.74) is 1.87. The van der Waals surface area contributed by atoms with E-state index in [1.807, 2.05) is 29.0 Å². The molecule has 0 saturated carbocycles. The van der Waals surface area contributed by atoms with Gasteiger partial charge in [-0.25, -0.2) is 9.37 Å². The Bertz CT molecular complexity index is 864. The van der Waals surface area contributed by atoms with Crippen LogP contribution >= 0.6 is 23.4 Å². The van der Waals surface area contributed by atoms with Gasteiger partial charge in [-0.3, -0.25) is 0 Å². The molecule has 3 aromatic rings. The van der Waals surface area contributed by atoms with Crippen LogP contribution in [0.15, 0.2) is 60.0 Å². The zero-order valence-corrected chi connectivity index (χ0v) is 14.1. The molecule has 0 radical (unpaired) electrons. The number of rotatable bonds is 3. The second-order valence-corrected chi connectivity index (χ2v) is 7.40. The van der Waals surface area contributed by atoms with Gasteiger partial charge in [-0.1, -0.05) is 23.7 Å². The van der Waals surface area contributed by atoms with Gasteiger partial charge in [-0.15, -0.1) is 11.8 Å². The van der Waals surface area contributed by atoms with Gasteiger partial charge >= 0.3 is 0 Å². The van der Waals surface area contributed by atoms with Crippen LogP contribution in [0.2, 0.25) is 5.02 Å². The summed E-state index contributed by atoms with van der Waals surface area (Å²) in [6.07, 6.45) is 4.72. The van der Waals surface area contributed by atoms with Crippen LogP contribution in [-0.4, -0.2) is 19.9 Å². The first-order chi connectivity index (χ1) is 11.6. The third-order valence-electron chi connectivity index (χ3n) is 4.16. The van der Waals surface area contributed by atoms with Crippen LogP contribution in [0.4, 0.5) is 4.39 Å². The van der Waals surface area contributed by atoms with E-state index in [9.17, 15) is 9.50 Å². The van der Waals surface area contributed by atoms with Gasteiger partial charge in [0.25, 0.3) is 0 Å². The first-order valence-corrected chi connectivity index (χ1v) is 8.78. The predicted molar refractivity (Wildman–Crippen MR) is 93.7 cm³/mol. The molecule has 1 aliphatic rings. The molecule has 0 bridgehead atoms. The highest BCUT2D eigenvalue weighted by Crippen LogP contribution is 2.46. The number of nitrogens with zero attached hydrogens (tertiary/aromatic N) is 2. The third kappa shape index (κ3) is 2.73. The number of hydrogen-bond donors (Lipinski definition) is 1. The Kier molecular flexibility index (Phi) is 4.08. The molecule has 1 aromatic heterocycles. The van der Waals surface area contributed by atoms with Crippen molar-refractivity contribution in [3.63, 3.8) is 0 Å². The molecule has 1 aliphatic heterocycles. The number of aliphatic hydroxyl groups is 1. The van der Waals surface area contributed by atoms with E-state index >= 15 is 0 Å². The number of halogens is 2. The Hall–Kier alpha value is -1.82. The number of benzene rings is 2. The average Bonchev–Trinajstić information content (AvgIpc) is 3.17. The summed E-state index contributed by atoms with van der Waals surface area (Å²) >= 11 is 7.79. The summed E-state index contributed by atoms with van der Waals surface area (Å²) in [5.74, 6) is -0.363. The molecule has 0 saturated heterocycles. The van der Waals surface area contributed by atoms with E-state index < -0.39 is 6.10 Å². The molecule has 4 rings (SSSR count). The Balaban J connectivity index is 1.67. The Morgan fingerprint density at radius 2 is 2.17 bits per heavy atom. The molecule has 0 amide bonds. The van der Waals surface area contributed by atoms with Crippen LogP contribution in [-0.2, 0) is 6.54 Å². The number of hydrogen-bond acceptors (Lipinski definition) is 3. The molecule has 2 atom stereocenters. The predicted octanol–water partition coefficient (Wildman–Crippen LogP) is 4.55. The second-order valence-electron chi connectivity index (χ2n) is 5.71. The maximum Gasteiger partial charge on any atom is 0.132 e. The highest BCUT2D eigenvalue weighted by Gasteiger charge is 2.32. The summed E-state index contributed by atoms with van der Waals surface area (Å²) < 4.78 is 16.1. The van der Waals surface area contributed by atoms with Crippen LogP contribution in [0.3, 0.4) is 0 Å². The fraction of sp³-hybridized carbons (Fsp3) is 0.167. The largest absolute Gasteiger partial charge is 0.387 e. The van der Waals surface area contributed by atoms with Gasteiger partial charge < -0.3 is 9.67 Å². The summed E-state index contributed by atoms with van der Waals surface area (Å²) in [4.78, 5) is 5.04. The van der Waals surface area contributed by atoms with E-state index in [1.165, 1.54) is 6.07 Å². The van der Waals surface area contributed by atoms with Gasteiger partial charge in [0.15, 0.2) is 0 Å². The minimum absolute atomic E-state index is 0.000502. The highest BCUT2D eigenvalue weighted by molar-refractivity contribution is 8.00. The molecular weight excluding hydrogens is 347 g/mol. The molecule has 0 spiro atoms. The zero-order chi connectivity index (χ0) is 16.7. The van der Waals surface area contributed by atoms with E-state index in [0.29, 0.717) is 22.7 Å². The molecular formula is C18H14ClFN2OS. The van der Waals surface area contributed by atoms with Crippen LogP contribution < -0.4 is 0 Å². The van der Waals surface area contributed by atoms with Crippen molar-refractivity contribution in [1.29, 1.82) is 0 Å². The molecule has 1 N–H and O–H groups in total.